The van der Waals surface area contributed by atoms with Crippen LogP contribution >= 0.6 is 0 Å². The Morgan fingerprint density at radius 1 is 1.06 bits per heavy atom. The Balaban J connectivity index is 1.84. The zero-order valence-electron chi connectivity index (χ0n) is 10.4. The Labute approximate surface area is 106 Å². The molecular weight excluding hydrogens is 236 g/mol. The SMILES string of the molecule is NC1(COCc2cc(F)cc(F)c2)CCCCC1. The summed E-state index contributed by atoms with van der Waals surface area (Å²) < 4.78 is 31.4. The maximum absolute atomic E-state index is 13.0. The van der Waals surface area contributed by atoms with Gasteiger partial charge in [-0.2, -0.15) is 0 Å². The van der Waals surface area contributed by atoms with Crippen molar-refractivity contribution in [3.63, 3.8) is 0 Å². The summed E-state index contributed by atoms with van der Waals surface area (Å²) in [6.45, 7) is 0.652. The lowest BCUT2D eigenvalue weighted by molar-refractivity contribution is 0.0572. The van der Waals surface area contributed by atoms with Crippen LogP contribution in [0.25, 0.3) is 0 Å². The van der Waals surface area contributed by atoms with E-state index < -0.39 is 11.6 Å². The highest BCUT2D eigenvalue weighted by Crippen LogP contribution is 2.26. The zero-order chi connectivity index (χ0) is 13.0. The maximum atomic E-state index is 13.0. The third kappa shape index (κ3) is 3.75. The van der Waals surface area contributed by atoms with Crippen molar-refractivity contribution in [3.8, 4) is 0 Å². The minimum atomic E-state index is -0.575. The molecule has 2 nitrogen and oxygen atoms in total. The number of hydrogen-bond acceptors (Lipinski definition) is 2. The Bertz CT molecular complexity index is 383. The molecule has 100 valence electrons. The van der Waals surface area contributed by atoms with E-state index in [4.69, 9.17) is 10.5 Å². The highest BCUT2D eigenvalue weighted by molar-refractivity contribution is 5.17. The first-order valence-electron chi connectivity index (χ1n) is 6.39. The number of rotatable bonds is 4. The Hall–Kier alpha value is -1.00. The van der Waals surface area contributed by atoms with E-state index in [1.54, 1.807) is 0 Å². The Morgan fingerprint density at radius 2 is 1.67 bits per heavy atom. The van der Waals surface area contributed by atoms with Gasteiger partial charge in [-0.3, -0.25) is 0 Å². The van der Waals surface area contributed by atoms with E-state index in [0.29, 0.717) is 12.2 Å². The van der Waals surface area contributed by atoms with E-state index >= 15 is 0 Å². The number of nitrogens with two attached hydrogens (primary N) is 1. The normalized spacial score (nSPS) is 18.8. The van der Waals surface area contributed by atoms with Crippen molar-refractivity contribution in [2.75, 3.05) is 6.61 Å². The lowest BCUT2D eigenvalue weighted by Crippen LogP contribution is -2.46. The summed E-state index contributed by atoms with van der Waals surface area (Å²) >= 11 is 0. The molecule has 1 aliphatic rings. The van der Waals surface area contributed by atoms with E-state index in [0.717, 1.165) is 31.7 Å². The van der Waals surface area contributed by atoms with Crippen LogP contribution in [0.15, 0.2) is 18.2 Å². The van der Waals surface area contributed by atoms with Gasteiger partial charge >= 0.3 is 0 Å². The van der Waals surface area contributed by atoms with E-state index in [2.05, 4.69) is 0 Å². The van der Waals surface area contributed by atoms with Crippen molar-refractivity contribution in [2.24, 2.45) is 5.73 Å². The smallest absolute Gasteiger partial charge is 0.126 e. The lowest BCUT2D eigenvalue weighted by Gasteiger charge is -2.33. The van der Waals surface area contributed by atoms with Gasteiger partial charge in [0, 0.05) is 11.6 Å². The van der Waals surface area contributed by atoms with Crippen molar-refractivity contribution in [3.05, 3.63) is 35.4 Å². The molecule has 1 aromatic carbocycles. The molecule has 1 aliphatic carbocycles. The van der Waals surface area contributed by atoms with Gasteiger partial charge in [0.15, 0.2) is 0 Å². The number of benzene rings is 1. The monoisotopic (exact) mass is 255 g/mol. The number of halogens is 2. The molecule has 0 unspecified atom stereocenters. The molecule has 2 rings (SSSR count). The summed E-state index contributed by atoms with van der Waals surface area (Å²) in [5.41, 5.74) is 6.46. The second-order valence-electron chi connectivity index (χ2n) is 5.19. The van der Waals surface area contributed by atoms with Crippen LogP contribution in [0.2, 0.25) is 0 Å². The minimum Gasteiger partial charge on any atom is -0.375 e. The van der Waals surface area contributed by atoms with Gasteiger partial charge < -0.3 is 10.5 Å². The predicted octanol–water partition coefficient (Wildman–Crippen LogP) is 3.14. The van der Waals surface area contributed by atoms with Gasteiger partial charge in [-0.25, -0.2) is 8.78 Å². The van der Waals surface area contributed by atoms with Crippen LogP contribution in [-0.4, -0.2) is 12.1 Å². The first kappa shape index (κ1) is 13.4. The highest BCUT2D eigenvalue weighted by atomic mass is 19.1. The molecule has 0 aromatic heterocycles. The molecule has 1 aromatic rings. The third-order valence-electron chi connectivity index (χ3n) is 3.43. The zero-order valence-corrected chi connectivity index (χ0v) is 10.4. The van der Waals surface area contributed by atoms with Gasteiger partial charge in [0.1, 0.15) is 11.6 Å². The average molecular weight is 255 g/mol. The number of hydrogen-bond donors (Lipinski definition) is 1. The van der Waals surface area contributed by atoms with Crippen LogP contribution in [-0.2, 0) is 11.3 Å². The first-order chi connectivity index (χ1) is 8.57. The second kappa shape index (κ2) is 5.76. The fourth-order valence-electron chi connectivity index (χ4n) is 2.47. The van der Waals surface area contributed by atoms with Gasteiger partial charge in [-0.05, 0) is 30.5 Å². The molecular formula is C14H19F2NO. The summed E-state index contributed by atoms with van der Waals surface area (Å²) in [7, 11) is 0. The third-order valence-corrected chi connectivity index (χ3v) is 3.43. The quantitative estimate of drug-likeness (QED) is 0.897. The molecule has 0 spiro atoms. The molecule has 4 heteroatoms. The van der Waals surface area contributed by atoms with E-state index in [1.807, 2.05) is 0 Å². The van der Waals surface area contributed by atoms with Gasteiger partial charge in [0.2, 0.25) is 0 Å². The van der Waals surface area contributed by atoms with Crippen LogP contribution in [0.5, 0.6) is 0 Å². The van der Waals surface area contributed by atoms with Crippen molar-refractivity contribution in [1.82, 2.24) is 0 Å². The van der Waals surface area contributed by atoms with Crippen molar-refractivity contribution >= 4 is 0 Å². The van der Waals surface area contributed by atoms with Crippen LogP contribution in [0.1, 0.15) is 37.7 Å². The molecule has 0 amide bonds. The Morgan fingerprint density at radius 3 is 2.28 bits per heavy atom. The molecule has 0 bridgehead atoms. The largest absolute Gasteiger partial charge is 0.375 e. The molecule has 1 saturated carbocycles. The molecule has 0 radical (unpaired) electrons. The molecule has 0 heterocycles. The maximum Gasteiger partial charge on any atom is 0.126 e. The summed E-state index contributed by atoms with van der Waals surface area (Å²) in [5, 5.41) is 0. The highest BCUT2D eigenvalue weighted by Gasteiger charge is 2.27. The minimum absolute atomic E-state index is 0.202. The fourth-order valence-corrected chi connectivity index (χ4v) is 2.47. The Kier molecular flexibility index (Phi) is 4.30. The molecule has 0 saturated heterocycles. The van der Waals surface area contributed by atoms with Crippen molar-refractivity contribution in [1.29, 1.82) is 0 Å². The van der Waals surface area contributed by atoms with Gasteiger partial charge in [-0.15, -0.1) is 0 Å². The number of ether oxygens (including phenoxy) is 1. The fraction of sp³-hybridized carbons (Fsp3) is 0.571. The predicted molar refractivity (Wildman–Crippen MR) is 66.0 cm³/mol. The topological polar surface area (TPSA) is 35.2 Å². The van der Waals surface area contributed by atoms with Crippen LogP contribution in [0, 0.1) is 11.6 Å². The first-order valence-corrected chi connectivity index (χ1v) is 6.39. The van der Waals surface area contributed by atoms with Crippen LogP contribution in [0.3, 0.4) is 0 Å². The van der Waals surface area contributed by atoms with E-state index in [1.165, 1.54) is 18.6 Å². The van der Waals surface area contributed by atoms with Gasteiger partial charge in [0.25, 0.3) is 0 Å². The van der Waals surface area contributed by atoms with Gasteiger partial charge in [0.05, 0.1) is 13.2 Å². The molecule has 0 aliphatic heterocycles. The van der Waals surface area contributed by atoms with E-state index in [9.17, 15) is 8.78 Å². The summed E-state index contributed by atoms with van der Waals surface area (Å²) in [6.07, 6.45) is 5.42. The average Bonchev–Trinajstić information content (AvgIpc) is 2.28. The summed E-state index contributed by atoms with van der Waals surface area (Å²) in [5.74, 6) is -1.15. The molecule has 0 atom stereocenters. The van der Waals surface area contributed by atoms with Crippen molar-refractivity contribution < 1.29 is 13.5 Å². The van der Waals surface area contributed by atoms with Gasteiger partial charge in [-0.1, -0.05) is 19.3 Å². The summed E-state index contributed by atoms with van der Waals surface area (Å²) in [6, 6.07) is 3.43. The van der Waals surface area contributed by atoms with E-state index in [-0.39, 0.29) is 12.1 Å². The van der Waals surface area contributed by atoms with Crippen LogP contribution < -0.4 is 5.73 Å². The molecule has 2 N–H and O–H groups in total. The van der Waals surface area contributed by atoms with Crippen molar-refractivity contribution in [2.45, 2.75) is 44.2 Å². The van der Waals surface area contributed by atoms with Crippen LogP contribution in [0.4, 0.5) is 8.78 Å². The standard InChI is InChI=1S/C14H19F2NO/c15-12-6-11(7-13(16)8-12)9-18-10-14(17)4-2-1-3-5-14/h6-8H,1-5,9-10,17H2. The molecule has 1 fully saturated rings. The lowest BCUT2D eigenvalue weighted by atomic mass is 9.83. The summed E-state index contributed by atoms with van der Waals surface area (Å²) in [4.78, 5) is 0. The second-order valence-corrected chi connectivity index (χ2v) is 5.19. The molecule has 18 heavy (non-hydrogen) atoms.